The molecule has 0 aliphatic rings. The Kier molecular flexibility index (Phi) is 22.7. The van der Waals surface area contributed by atoms with Gasteiger partial charge >= 0.3 is 11.9 Å². The number of unbranched alkanes of at least 4 members (excludes halogenated alkanes) is 19. The van der Waals surface area contributed by atoms with Gasteiger partial charge < -0.3 is 14.9 Å². The number of ether oxygens (including phenoxy) is 1. The van der Waals surface area contributed by atoms with Gasteiger partial charge in [0.05, 0.1) is 0 Å². The van der Waals surface area contributed by atoms with Crippen molar-refractivity contribution in [3.05, 3.63) is 0 Å². The molecule has 0 aromatic heterocycles. The van der Waals surface area contributed by atoms with Crippen molar-refractivity contribution in [2.45, 2.75) is 148 Å². The average molecular weight is 443 g/mol. The molecule has 0 saturated heterocycles. The van der Waals surface area contributed by atoms with Crippen LogP contribution in [0.5, 0.6) is 0 Å². The predicted octanol–water partition coefficient (Wildman–Crippen LogP) is 7.75. The van der Waals surface area contributed by atoms with E-state index in [4.69, 9.17) is 14.9 Å². The van der Waals surface area contributed by atoms with Crippen LogP contribution < -0.4 is 0 Å². The topological polar surface area (TPSA) is 83.8 Å². The zero-order chi connectivity index (χ0) is 23.0. The van der Waals surface area contributed by atoms with E-state index in [1.807, 2.05) is 0 Å². The smallest absolute Gasteiger partial charge is 0.332 e. The van der Waals surface area contributed by atoms with Gasteiger partial charge in [0.25, 0.3) is 0 Å². The lowest BCUT2D eigenvalue weighted by molar-refractivity contribution is -0.156. The first-order valence-electron chi connectivity index (χ1n) is 13.1. The maximum absolute atomic E-state index is 11.0. The van der Waals surface area contributed by atoms with Gasteiger partial charge in [-0.3, -0.25) is 0 Å². The molecule has 2 N–H and O–H groups in total. The highest BCUT2D eigenvalue weighted by Crippen LogP contribution is 2.15. The summed E-state index contributed by atoms with van der Waals surface area (Å²) in [6.07, 6.45) is 25.6. The molecule has 31 heavy (non-hydrogen) atoms. The third kappa shape index (κ3) is 23.4. The van der Waals surface area contributed by atoms with Gasteiger partial charge in [-0.15, -0.1) is 0 Å². The van der Waals surface area contributed by atoms with E-state index >= 15 is 0 Å². The Hall–Kier alpha value is -1.10. The summed E-state index contributed by atoms with van der Waals surface area (Å²) in [5.74, 6) is -2.20. The molecule has 0 aliphatic carbocycles. The first-order valence-corrected chi connectivity index (χ1v) is 13.1. The van der Waals surface area contributed by atoms with Crippen molar-refractivity contribution in [1.29, 1.82) is 0 Å². The van der Waals surface area contributed by atoms with E-state index < -0.39 is 24.6 Å². The van der Waals surface area contributed by atoms with Crippen LogP contribution in [0.2, 0.25) is 0 Å². The Bertz CT molecular complexity index is 411. The molecule has 0 aromatic carbocycles. The van der Waals surface area contributed by atoms with Crippen LogP contribution in [0.25, 0.3) is 0 Å². The van der Waals surface area contributed by atoms with Crippen LogP contribution in [0.1, 0.15) is 142 Å². The second-order valence-corrected chi connectivity index (χ2v) is 9.04. The number of carboxylic acids is 2. The molecule has 0 aliphatic heterocycles. The van der Waals surface area contributed by atoms with Crippen molar-refractivity contribution in [2.75, 3.05) is 6.61 Å². The Balaban J connectivity index is 3.24. The lowest BCUT2D eigenvalue weighted by Crippen LogP contribution is -2.26. The highest BCUT2D eigenvalue weighted by molar-refractivity contribution is 5.73. The molecule has 1 atom stereocenters. The molecule has 5 heteroatoms. The van der Waals surface area contributed by atoms with Crippen molar-refractivity contribution in [2.24, 2.45) is 0 Å². The molecule has 0 aromatic rings. The molecule has 0 heterocycles. The van der Waals surface area contributed by atoms with Crippen molar-refractivity contribution < 1.29 is 24.5 Å². The third-order valence-electron chi connectivity index (χ3n) is 6.00. The minimum absolute atomic E-state index is 0.390. The van der Waals surface area contributed by atoms with Crippen LogP contribution in [0.4, 0.5) is 0 Å². The molecule has 0 amide bonds. The number of carbonyl (C=O) groups is 2. The van der Waals surface area contributed by atoms with E-state index in [0.717, 1.165) is 19.3 Å². The summed E-state index contributed by atoms with van der Waals surface area (Å²) in [5.41, 5.74) is 0. The van der Waals surface area contributed by atoms with E-state index in [9.17, 15) is 9.59 Å². The lowest BCUT2D eigenvalue weighted by atomic mass is 10.0. The monoisotopic (exact) mass is 442 g/mol. The summed E-state index contributed by atoms with van der Waals surface area (Å²) >= 11 is 0. The highest BCUT2D eigenvalue weighted by atomic mass is 16.5. The molecule has 5 nitrogen and oxygen atoms in total. The standard InChI is InChI=1S/C26H50O5/c1-2-3-4-5-6-7-8-9-10-11-12-13-14-15-16-17-18-19-20-21-22-24(26(29)30)31-23-25(27)28/h24H,2-23H2,1H3,(H,27,28)(H,29,30). The molecule has 1 unspecified atom stereocenters. The predicted molar refractivity (Wildman–Crippen MR) is 128 cm³/mol. The van der Waals surface area contributed by atoms with Gasteiger partial charge in [0.1, 0.15) is 6.61 Å². The summed E-state index contributed by atoms with van der Waals surface area (Å²) in [6.45, 7) is 1.73. The van der Waals surface area contributed by atoms with Crippen LogP contribution in [0.3, 0.4) is 0 Å². The summed E-state index contributed by atoms with van der Waals surface area (Å²) in [5, 5.41) is 17.6. The van der Waals surface area contributed by atoms with Gasteiger partial charge in [0.2, 0.25) is 0 Å². The molecule has 0 radical (unpaired) electrons. The Morgan fingerprint density at radius 2 is 0.903 bits per heavy atom. The van der Waals surface area contributed by atoms with Gasteiger partial charge in [-0.1, -0.05) is 135 Å². The third-order valence-corrected chi connectivity index (χ3v) is 6.00. The summed E-state index contributed by atoms with van der Waals surface area (Å²) in [7, 11) is 0. The Morgan fingerprint density at radius 3 is 1.19 bits per heavy atom. The molecular formula is C26H50O5. The Labute approximate surface area is 191 Å². The van der Waals surface area contributed by atoms with Gasteiger partial charge in [-0.05, 0) is 6.42 Å². The fourth-order valence-electron chi connectivity index (χ4n) is 4.03. The highest BCUT2D eigenvalue weighted by Gasteiger charge is 2.18. The fourth-order valence-corrected chi connectivity index (χ4v) is 4.03. The first-order chi connectivity index (χ1) is 15.1. The Morgan fingerprint density at radius 1 is 0.581 bits per heavy atom. The average Bonchev–Trinajstić information content (AvgIpc) is 2.73. The zero-order valence-electron chi connectivity index (χ0n) is 20.3. The minimum Gasteiger partial charge on any atom is -0.480 e. The normalized spacial score (nSPS) is 12.2. The van der Waals surface area contributed by atoms with Crippen LogP contribution in [-0.4, -0.2) is 34.9 Å². The summed E-state index contributed by atoms with van der Waals surface area (Å²) in [6, 6.07) is 0. The number of hydrogen-bond donors (Lipinski definition) is 2. The van der Waals surface area contributed by atoms with E-state index in [1.54, 1.807) is 0 Å². The van der Waals surface area contributed by atoms with Crippen molar-refractivity contribution in [1.82, 2.24) is 0 Å². The minimum atomic E-state index is -1.13. The quantitative estimate of drug-likeness (QED) is 0.141. The number of carboxylic acid groups (broad SMARTS) is 2. The van der Waals surface area contributed by atoms with Gasteiger partial charge in [-0.25, -0.2) is 9.59 Å². The molecule has 0 bridgehead atoms. The van der Waals surface area contributed by atoms with Crippen molar-refractivity contribution in [3.8, 4) is 0 Å². The maximum atomic E-state index is 11.0. The van der Waals surface area contributed by atoms with Crippen molar-refractivity contribution >= 4 is 11.9 Å². The first kappa shape index (κ1) is 29.9. The number of hydrogen-bond acceptors (Lipinski definition) is 3. The molecule has 0 spiro atoms. The van der Waals surface area contributed by atoms with Gasteiger partial charge in [-0.2, -0.15) is 0 Å². The molecule has 0 fully saturated rings. The SMILES string of the molecule is CCCCCCCCCCCCCCCCCCCCCCC(OCC(=O)O)C(=O)O. The van der Waals surface area contributed by atoms with E-state index in [1.165, 1.54) is 109 Å². The second-order valence-electron chi connectivity index (χ2n) is 9.04. The van der Waals surface area contributed by atoms with Gasteiger partial charge in [0.15, 0.2) is 6.10 Å². The van der Waals surface area contributed by atoms with Crippen LogP contribution >= 0.6 is 0 Å². The van der Waals surface area contributed by atoms with Gasteiger partial charge in [0, 0.05) is 0 Å². The van der Waals surface area contributed by atoms with Crippen LogP contribution in [0.15, 0.2) is 0 Å². The molecule has 0 saturated carbocycles. The maximum Gasteiger partial charge on any atom is 0.332 e. The van der Waals surface area contributed by atoms with Crippen LogP contribution in [-0.2, 0) is 14.3 Å². The molecular weight excluding hydrogens is 392 g/mol. The zero-order valence-corrected chi connectivity index (χ0v) is 20.3. The van der Waals surface area contributed by atoms with E-state index in [0.29, 0.717) is 6.42 Å². The van der Waals surface area contributed by atoms with E-state index in [2.05, 4.69) is 6.92 Å². The van der Waals surface area contributed by atoms with Crippen LogP contribution in [0, 0.1) is 0 Å². The largest absolute Gasteiger partial charge is 0.480 e. The fraction of sp³-hybridized carbons (Fsp3) is 0.923. The van der Waals surface area contributed by atoms with Crippen molar-refractivity contribution in [3.63, 3.8) is 0 Å². The number of aliphatic carboxylic acids is 2. The van der Waals surface area contributed by atoms with E-state index in [-0.39, 0.29) is 0 Å². The molecule has 184 valence electrons. The summed E-state index contributed by atoms with van der Waals surface area (Å²) in [4.78, 5) is 21.5. The molecule has 0 rings (SSSR count). The lowest BCUT2D eigenvalue weighted by Gasteiger charge is -2.11. The second kappa shape index (κ2) is 23.6. The number of rotatable bonds is 25. The summed E-state index contributed by atoms with van der Waals surface area (Å²) < 4.78 is 4.91.